The molecule has 1 aromatic carbocycles. The molecule has 10 nitrogen and oxygen atoms in total. The molecule has 0 radical (unpaired) electrons. The highest BCUT2D eigenvalue weighted by Crippen LogP contribution is 2.47. The number of piperidine rings is 1. The molecular weight excluding hydrogens is 554 g/mol. The van der Waals surface area contributed by atoms with Crippen LogP contribution in [0.3, 0.4) is 0 Å². The van der Waals surface area contributed by atoms with Crippen LogP contribution in [0.5, 0.6) is 11.5 Å². The molecule has 6 heterocycles. The fraction of sp³-hybridized carbons (Fsp3) is 0.393. The Morgan fingerprint density at radius 2 is 2.02 bits per heavy atom. The summed E-state index contributed by atoms with van der Waals surface area (Å²) in [5.41, 5.74) is 4.49. The van der Waals surface area contributed by atoms with Gasteiger partial charge in [-0.15, -0.1) is 11.3 Å². The number of carbonyl (C=O) groups is 1. The monoisotopic (exact) mass is 581 g/mol. The van der Waals surface area contributed by atoms with E-state index in [1.807, 2.05) is 18.2 Å². The number of fused-ring (bicyclic) bond motifs is 2. The van der Waals surface area contributed by atoms with Crippen LogP contribution >= 0.6 is 22.9 Å². The predicted octanol–water partition coefficient (Wildman–Crippen LogP) is 4.90. The second-order valence-corrected chi connectivity index (χ2v) is 11.8. The van der Waals surface area contributed by atoms with Gasteiger partial charge in [0.15, 0.2) is 11.5 Å². The summed E-state index contributed by atoms with van der Waals surface area (Å²) in [5.74, 6) is 2.37. The molecular formula is C28H28ClN5O5S. The van der Waals surface area contributed by atoms with Crippen LogP contribution in [0.2, 0.25) is 5.02 Å². The molecule has 208 valence electrons. The third-order valence-electron chi connectivity index (χ3n) is 7.88. The number of hydrogen-bond donors (Lipinski definition) is 2. The number of nitrogens with zero attached hydrogens (tertiary/aromatic N) is 4. The number of aromatic nitrogens is 3. The third kappa shape index (κ3) is 4.82. The van der Waals surface area contributed by atoms with Gasteiger partial charge in [-0.3, -0.25) is 19.9 Å². The number of halogens is 1. The SMILES string of the molecule is O=C(NO)c1cc2c(nc(CN3CCC(c4cccc5c4OC(c4ccc(Cl)cn4)O5)CC3)n2C[C@@H]2CCO2)s1. The summed E-state index contributed by atoms with van der Waals surface area (Å²) < 4.78 is 20.2. The zero-order valence-corrected chi connectivity index (χ0v) is 23.2. The van der Waals surface area contributed by atoms with E-state index in [-0.39, 0.29) is 6.10 Å². The summed E-state index contributed by atoms with van der Waals surface area (Å²) in [6, 6.07) is 11.5. The van der Waals surface area contributed by atoms with Gasteiger partial charge in [0.25, 0.3) is 12.2 Å². The number of hydrogen-bond acceptors (Lipinski definition) is 9. The maximum Gasteiger partial charge on any atom is 0.284 e. The molecule has 2 atom stereocenters. The molecule has 1 unspecified atom stereocenters. The molecule has 3 aliphatic rings. The Balaban J connectivity index is 1.05. The van der Waals surface area contributed by atoms with Gasteiger partial charge in [0.2, 0.25) is 0 Å². The summed E-state index contributed by atoms with van der Waals surface area (Å²) in [5, 5.41) is 9.62. The lowest BCUT2D eigenvalue weighted by atomic mass is 9.88. The minimum atomic E-state index is -0.579. The highest BCUT2D eigenvalue weighted by molar-refractivity contribution is 7.20. The number of carbonyl (C=O) groups excluding carboxylic acids is 1. The fourth-order valence-electron chi connectivity index (χ4n) is 5.65. The van der Waals surface area contributed by atoms with Crippen LogP contribution in [0, 0.1) is 0 Å². The van der Waals surface area contributed by atoms with E-state index in [4.69, 9.17) is 36.0 Å². The molecule has 1 amide bonds. The Hall–Kier alpha value is -3.22. The first-order chi connectivity index (χ1) is 19.6. The molecule has 7 rings (SSSR count). The number of nitrogens with one attached hydrogen (secondary N) is 1. The highest BCUT2D eigenvalue weighted by atomic mass is 35.5. The first kappa shape index (κ1) is 25.7. The zero-order valence-electron chi connectivity index (χ0n) is 21.6. The van der Waals surface area contributed by atoms with Crippen molar-refractivity contribution in [3.05, 3.63) is 69.6 Å². The van der Waals surface area contributed by atoms with Crippen molar-refractivity contribution in [3.63, 3.8) is 0 Å². The van der Waals surface area contributed by atoms with Crippen LogP contribution in [0.1, 0.15) is 58.2 Å². The van der Waals surface area contributed by atoms with Gasteiger partial charge in [0.1, 0.15) is 16.3 Å². The number of benzene rings is 1. The van der Waals surface area contributed by atoms with Gasteiger partial charge in [0, 0.05) is 18.4 Å². The number of pyridine rings is 1. The summed E-state index contributed by atoms with van der Waals surface area (Å²) in [6.07, 6.45) is 4.18. The van der Waals surface area contributed by atoms with Crippen molar-refractivity contribution in [1.29, 1.82) is 0 Å². The second kappa shape index (κ2) is 10.6. The second-order valence-electron chi connectivity index (χ2n) is 10.4. The molecule has 0 bridgehead atoms. The minimum absolute atomic E-state index is 0.159. The molecule has 0 aliphatic carbocycles. The van der Waals surface area contributed by atoms with E-state index in [9.17, 15) is 4.79 Å². The highest BCUT2D eigenvalue weighted by Gasteiger charge is 2.33. The number of imidazole rings is 1. The number of hydroxylamine groups is 1. The lowest BCUT2D eigenvalue weighted by Crippen LogP contribution is -2.35. The molecule has 40 heavy (non-hydrogen) atoms. The molecule has 0 spiro atoms. The number of thiophene rings is 1. The van der Waals surface area contributed by atoms with Gasteiger partial charge >= 0.3 is 0 Å². The van der Waals surface area contributed by atoms with E-state index in [1.54, 1.807) is 23.8 Å². The average Bonchev–Trinajstić information content (AvgIpc) is 3.64. The lowest BCUT2D eigenvalue weighted by Gasteiger charge is -2.33. The maximum atomic E-state index is 12.0. The largest absolute Gasteiger partial charge is 0.445 e. The van der Waals surface area contributed by atoms with E-state index >= 15 is 0 Å². The maximum absolute atomic E-state index is 12.0. The van der Waals surface area contributed by atoms with E-state index in [1.165, 1.54) is 16.9 Å². The molecule has 0 saturated carbocycles. The van der Waals surface area contributed by atoms with Crippen molar-refractivity contribution in [3.8, 4) is 11.5 Å². The third-order valence-corrected chi connectivity index (χ3v) is 9.12. The van der Waals surface area contributed by atoms with Crippen molar-refractivity contribution in [2.75, 3.05) is 19.7 Å². The molecule has 2 N–H and O–H groups in total. The Labute approximate surface area is 239 Å². The first-order valence-electron chi connectivity index (χ1n) is 13.4. The minimum Gasteiger partial charge on any atom is -0.445 e. The van der Waals surface area contributed by atoms with Crippen molar-refractivity contribution in [2.24, 2.45) is 0 Å². The van der Waals surface area contributed by atoms with Gasteiger partial charge in [0.05, 0.1) is 34.6 Å². The Morgan fingerprint density at radius 3 is 2.75 bits per heavy atom. The fourth-order valence-corrected chi connectivity index (χ4v) is 6.71. The number of likely N-dealkylation sites (tertiary alicyclic amines) is 1. The van der Waals surface area contributed by atoms with Crippen LogP contribution in [-0.4, -0.2) is 56.3 Å². The van der Waals surface area contributed by atoms with Crippen LogP contribution < -0.4 is 15.0 Å². The normalized spacial score (nSPS) is 21.1. The lowest BCUT2D eigenvalue weighted by molar-refractivity contribution is -0.0592. The smallest absolute Gasteiger partial charge is 0.284 e. The average molecular weight is 582 g/mol. The number of para-hydroxylation sites is 1. The first-order valence-corrected chi connectivity index (χ1v) is 14.6. The van der Waals surface area contributed by atoms with Gasteiger partial charge < -0.3 is 18.8 Å². The van der Waals surface area contributed by atoms with Crippen LogP contribution in [0.4, 0.5) is 0 Å². The van der Waals surface area contributed by atoms with E-state index < -0.39 is 12.2 Å². The quantitative estimate of drug-likeness (QED) is 0.234. The molecule has 3 aliphatic heterocycles. The zero-order chi connectivity index (χ0) is 27.2. The van der Waals surface area contributed by atoms with Gasteiger partial charge in [-0.05, 0) is 62.5 Å². The Morgan fingerprint density at radius 1 is 1.18 bits per heavy atom. The van der Waals surface area contributed by atoms with Gasteiger partial charge in [-0.25, -0.2) is 10.5 Å². The Kier molecular flexibility index (Phi) is 6.84. The van der Waals surface area contributed by atoms with Crippen LogP contribution in [0.25, 0.3) is 10.3 Å². The van der Waals surface area contributed by atoms with E-state index in [2.05, 4.69) is 20.5 Å². The van der Waals surface area contributed by atoms with Crippen molar-refractivity contribution < 1.29 is 24.2 Å². The van der Waals surface area contributed by atoms with Crippen molar-refractivity contribution in [1.82, 2.24) is 24.9 Å². The summed E-state index contributed by atoms with van der Waals surface area (Å²) in [4.78, 5) is 24.9. The van der Waals surface area contributed by atoms with Crippen molar-refractivity contribution in [2.45, 2.75) is 50.7 Å². The van der Waals surface area contributed by atoms with Crippen molar-refractivity contribution >= 4 is 39.2 Å². The number of amides is 1. The van der Waals surface area contributed by atoms with E-state index in [0.717, 1.165) is 73.2 Å². The van der Waals surface area contributed by atoms with E-state index in [0.29, 0.717) is 28.1 Å². The van der Waals surface area contributed by atoms with Gasteiger partial charge in [-0.1, -0.05) is 23.7 Å². The van der Waals surface area contributed by atoms with Gasteiger partial charge in [-0.2, -0.15) is 0 Å². The summed E-state index contributed by atoms with van der Waals surface area (Å²) >= 11 is 7.28. The molecule has 2 saturated heterocycles. The number of ether oxygens (including phenoxy) is 3. The topological polar surface area (TPSA) is 111 Å². The van der Waals surface area contributed by atoms with Crippen LogP contribution in [-0.2, 0) is 17.8 Å². The molecule has 2 fully saturated rings. The molecule has 12 heteroatoms. The van der Waals surface area contributed by atoms with Crippen LogP contribution in [0.15, 0.2) is 42.6 Å². The standard InChI is InChI=1S/C28H28ClN5O5S/c29-17-4-5-20(30-13-17)28-38-22-3-1-2-19(25(22)39-28)16-6-9-33(10-7-16)15-24-31-27-21(12-23(40-27)26(35)32-36)34(24)14-18-8-11-37-18/h1-5,12-13,16,18,28,36H,6-11,14-15H2,(H,32,35)/t18-,28?/m0/s1. The Bertz CT molecular complexity index is 1540. The number of rotatable bonds is 7. The molecule has 4 aromatic rings. The summed E-state index contributed by atoms with van der Waals surface area (Å²) in [6.45, 7) is 4.06. The molecule has 3 aromatic heterocycles. The predicted molar refractivity (Wildman–Crippen MR) is 148 cm³/mol. The summed E-state index contributed by atoms with van der Waals surface area (Å²) in [7, 11) is 0.